The Morgan fingerprint density at radius 1 is 1.16 bits per heavy atom. The van der Waals surface area contributed by atoms with Gasteiger partial charge in [-0.05, 0) is 12.3 Å². The fourth-order valence-electron chi connectivity index (χ4n) is 2.27. The molecule has 0 unspecified atom stereocenters. The van der Waals surface area contributed by atoms with E-state index in [4.69, 9.17) is 10.2 Å². The molecule has 0 saturated heterocycles. The van der Waals surface area contributed by atoms with Crippen molar-refractivity contribution >= 4 is 18.0 Å². The first-order valence-electron chi connectivity index (χ1n) is 6.48. The van der Waals surface area contributed by atoms with E-state index < -0.39 is 30.4 Å². The first kappa shape index (κ1) is 15.3. The Kier molecular flexibility index (Phi) is 6.11. The van der Waals surface area contributed by atoms with E-state index in [0.717, 1.165) is 6.42 Å². The number of rotatable bonds is 7. The lowest BCUT2D eigenvalue weighted by molar-refractivity contribution is -0.145. The number of carbonyl (C=O) groups excluding carboxylic acids is 1. The van der Waals surface area contributed by atoms with E-state index in [0.29, 0.717) is 12.5 Å². The Balaban J connectivity index is 2.23. The molecule has 4 N–H and O–H groups in total. The van der Waals surface area contributed by atoms with Gasteiger partial charge in [-0.25, -0.2) is 9.59 Å². The maximum absolute atomic E-state index is 11.4. The lowest BCUT2D eigenvalue weighted by Crippen LogP contribution is -2.47. The Morgan fingerprint density at radius 2 is 1.79 bits per heavy atom. The SMILES string of the molecule is O=C(O)C[C@@H](NC(=O)NCCC1CCCC1)C(=O)O. The van der Waals surface area contributed by atoms with Crippen molar-refractivity contribution in [3.05, 3.63) is 0 Å². The third-order valence-corrected chi connectivity index (χ3v) is 3.30. The van der Waals surface area contributed by atoms with Crippen LogP contribution >= 0.6 is 0 Å². The van der Waals surface area contributed by atoms with Gasteiger partial charge in [-0.2, -0.15) is 0 Å². The normalized spacial score (nSPS) is 16.8. The number of urea groups is 1. The first-order valence-corrected chi connectivity index (χ1v) is 6.48. The second kappa shape index (κ2) is 7.60. The van der Waals surface area contributed by atoms with E-state index >= 15 is 0 Å². The number of carboxylic acids is 2. The van der Waals surface area contributed by atoms with Gasteiger partial charge >= 0.3 is 18.0 Å². The van der Waals surface area contributed by atoms with Gasteiger partial charge in [0.05, 0.1) is 6.42 Å². The van der Waals surface area contributed by atoms with Crippen LogP contribution in [-0.2, 0) is 9.59 Å². The van der Waals surface area contributed by atoms with Crippen LogP contribution in [0.25, 0.3) is 0 Å². The van der Waals surface area contributed by atoms with Gasteiger partial charge in [0.1, 0.15) is 6.04 Å². The monoisotopic (exact) mass is 272 g/mol. The van der Waals surface area contributed by atoms with Crippen LogP contribution < -0.4 is 10.6 Å². The largest absolute Gasteiger partial charge is 0.481 e. The first-order chi connectivity index (χ1) is 8.99. The van der Waals surface area contributed by atoms with Gasteiger partial charge in [0.2, 0.25) is 0 Å². The molecule has 0 heterocycles. The Morgan fingerprint density at radius 3 is 2.32 bits per heavy atom. The minimum absolute atomic E-state index is 0.482. The summed E-state index contributed by atoms with van der Waals surface area (Å²) in [7, 11) is 0. The van der Waals surface area contributed by atoms with Gasteiger partial charge in [0.15, 0.2) is 0 Å². The standard InChI is InChI=1S/C12H20N2O5/c15-10(16)7-9(11(17)18)14-12(19)13-6-5-8-3-1-2-4-8/h8-9H,1-7H2,(H,15,16)(H,17,18)(H2,13,14,19)/t9-/m1/s1. The predicted octanol–water partition coefficient (Wildman–Crippen LogP) is 0.794. The zero-order valence-electron chi connectivity index (χ0n) is 10.7. The van der Waals surface area contributed by atoms with Crippen molar-refractivity contribution < 1.29 is 24.6 Å². The summed E-state index contributed by atoms with van der Waals surface area (Å²) in [5, 5.41) is 22.0. The van der Waals surface area contributed by atoms with E-state index in [1.54, 1.807) is 0 Å². The number of nitrogens with one attached hydrogen (secondary N) is 2. The lowest BCUT2D eigenvalue weighted by Gasteiger charge is -2.14. The molecule has 0 aliphatic heterocycles. The van der Waals surface area contributed by atoms with Crippen molar-refractivity contribution in [1.82, 2.24) is 10.6 Å². The maximum atomic E-state index is 11.4. The second-order valence-electron chi connectivity index (χ2n) is 4.83. The van der Waals surface area contributed by atoms with Crippen LogP contribution in [0.2, 0.25) is 0 Å². The van der Waals surface area contributed by atoms with Crippen molar-refractivity contribution in [3.8, 4) is 0 Å². The van der Waals surface area contributed by atoms with Gasteiger partial charge < -0.3 is 20.8 Å². The average molecular weight is 272 g/mol. The van der Waals surface area contributed by atoms with Crippen LogP contribution in [0.4, 0.5) is 4.79 Å². The molecule has 108 valence electrons. The number of hydrogen-bond acceptors (Lipinski definition) is 3. The van der Waals surface area contributed by atoms with Crippen molar-refractivity contribution in [3.63, 3.8) is 0 Å². The minimum Gasteiger partial charge on any atom is -0.481 e. The fourth-order valence-corrected chi connectivity index (χ4v) is 2.27. The molecule has 19 heavy (non-hydrogen) atoms. The summed E-state index contributed by atoms with van der Waals surface area (Å²) >= 11 is 0. The van der Waals surface area contributed by atoms with E-state index in [1.807, 2.05) is 0 Å². The molecule has 7 nitrogen and oxygen atoms in total. The summed E-state index contributed by atoms with van der Waals surface area (Å²) in [6.07, 6.45) is 5.07. The third kappa shape index (κ3) is 6.08. The molecule has 1 aliphatic carbocycles. The van der Waals surface area contributed by atoms with Gasteiger partial charge in [0, 0.05) is 6.54 Å². The van der Waals surface area contributed by atoms with Crippen molar-refractivity contribution in [1.29, 1.82) is 0 Å². The van der Waals surface area contributed by atoms with E-state index in [1.165, 1.54) is 25.7 Å². The molecule has 0 spiro atoms. The van der Waals surface area contributed by atoms with Crippen LogP contribution in [-0.4, -0.2) is 40.8 Å². The van der Waals surface area contributed by atoms with E-state index in [2.05, 4.69) is 10.6 Å². The molecule has 0 bridgehead atoms. The number of carbonyl (C=O) groups is 3. The topological polar surface area (TPSA) is 116 Å². The highest BCUT2D eigenvalue weighted by Gasteiger charge is 2.23. The molecule has 1 aliphatic rings. The Bertz CT molecular complexity index is 339. The summed E-state index contributed by atoms with van der Waals surface area (Å²) in [4.78, 5) is 32.6. The van der Waals surface area contributed by atoms with Crippen LogP contribution in [0.1, 0.15) is 38.5 Å². The number of aliphatic carboxylic acids is 2. The molecule has 1 atom stereocenters. The molecular weight excluding hydrogens is 252 g/mol. The van der Waals surface area contributed by atoms with Gasteiger partial charge in [-0.3, -0.25) is 4.79 Å². The summed E-state index contributed by atoms with van der Waals surface area (Å²) < 4.78 is 0. The van der Waals surface area contributed by atoms with Crippen molar-refractivity contribution in [2.24, 2.45) is 5.92 Å². The Hall–Kier alpha value is -1.79. The van der Waals surface area contributed by atoms with Crippen LogP contribution in [0, 0.1) is 5.92 Å². The van der Waals surface area contributed by atoms with Crippen molar-refractivity contribution in [2.45, 2.75) is 44.6 Å². The molecule has 1 rings (SSSR count). The zero-order valence-corrected chi connectivity index (χ0v) is 10.7. The number of hydrogen-bond donors (Lipinski definition) is 4. The molecule has 7 heteroatoms. The van der Waals surface area contributed by atoms with Crippen LogP contribution in [0.15, 0.2) is 0 Å². The van der Waals surface area contributed by atoms with Crippen molar-refractivity contribution in [2.75, 3.05) is 6.54 Å². The third-order valence-electron chi connectivity index (χ3n) is 3.30. The molecule has 0 radical (unpaired) electrons. The summed E-state index contributed by atoms with van der Waals surface area (Å²) in [6.45, 7) is 0.482. The lowest BCUT2D eigenvalue weighted by atomic mass is 10.0. The zero-order chi connectivity index (χ0) is 14.3. The van der Waals surface area contributed by atoms with Gasteiger partial charge in [-0.1, -0.05) is 25.7 Å². The maximum Gasteiger partial charge on any atom is 0.326 e. The highest BCUT2D eigenvalue weighted by atomic mass is 16.4. The molecule has 1 fully saturated rings. The highest BCUT2D eigenvalue weighted by Crippen LogP contribution is 2.26. The Labute approximate surface area is 111 Å². The second-order valence-corrected chi connectivity index (χ2v) is 4.83. The summed E-state index contributed by atoms with van der Waals surface area (Å²) in [5.74, 6) is -1.98. The van der Waals surface area contributed by atoms with Gasteiger partial charge in [-0.15, -0.1) is 0 Å². The summed E-state index contributed by atoms with van der Waals surface area (Å²) in [6, 6.07) is -2.03. The molecule has 0 aromatic heterocycles. The van der Waals surface area contributed by atoms with Crippen LogP contribution in [0.5, 0.6) is 0 Å². The fraction of sp³-hybridized carbons (Fsp3) is 0.750. The molecule has 1 saturated carbocycles. The predicted molar refractivity (Wildman–Crippen MR) is 66.8 cm³/mol. The van der Waals surface area contributed by atoms with Gasteiger partial charge in [0.25, 0.3) is 0 Å². The quantitative estimate of drug-likeness (QED) is 0.547. The molecule has 0 aromatic rings. The molecule has 2 amide bonds. The van der Waals surface area contributed by atoms with E-state index in [9.17, 15) is 14.4 Å². The molecule has 0 aromatic carbocycles. The average Bonchev–Trinajstić information content (AvgIpc) is 2.80. The number of carboxylic acid groups (broad SMARTS) is 2. The highest BCUT2D eigenvalue weighted by molar-refractivity contribution is 5.86. The smallest absolute Gasteiger partial charge is 0.326 e. The van der Waals surface area contributed by atoms with Crippen LogP contribution in [0.3, 0.4) is 0 Å². The number of amides is 2. The van der Waals surface area contributed by atoms with E-state index in [-0.39, 0.29) is 0 Å². The minimum atomic E-state index is -1.40. The summed E-state index contributed by atoms with van der Waals surface area (Å²) in [5.41, 5.74) is 0. The molecular formula is C12H20N2O5.